The van der Waals surface area contributed by atoms with Crippen LogP contribution in [0.25, 0.3) is 0 Å². The highest BCUT2D eigenvalue weighted by Crippen LogP contribution is 2.33. The first-order valence-corrected chi connectivity index (χ1v) is 10.8. The van der Waals surface area contributed by atoms with E-state index < -0.39 is 0 Å². The van der Waals surface area contributed by atoms with Crippen LogP contribution in [0.4, 0.5) is 10.8 Å². The molecular weight excluding hydrogens is 380 g/mol. The molecule has 3 heterocycles. The van der Waals surface area contributed by atoms with Gasteiger partial charge in [0.2, 0.25) is 11.0 Å². The van der Waals surface area contributed by atoms with Crippen LogP contribution in [0, 0.1) is 3.95 Å². The molecule has 0 unspecified atom stereocenters. The number of pyridine rings is 1. The molecule has 144 valence electrons. The van der Waals surface area contributed by atoms with E-state index in [-0.39, 0.29) is 5.91 Å². The van der Waals surface area contributed by atoms with Gasteiger partial charge in [0.1, 0.15) is 0 Å². The number of quaternary nitrogens is 1. The first kappa shape index (κ1) is 18.5. The molecule has 1 saturated carbocycles. The van der Waals surface area contributed by atoms with E-state index >= 15 is 0 Å². The number of anilines is 2. The van der Waals surface area contributed by atoms with E-state index in [4.69, 9.17) is 17.3 Å². The molecule has 27 heavy (non-hydrogen) atoms. The average Bonchev–Trinajstić information content (AvgIpc) is 3.47. The molecule has 1 aliphatic heterocycles. The number of piperazine rings is 1. The molecule has 0 radical (unpaired) electrons. The van der Waals surface area contributed by atoms with Crippen LogP contribution < -0.4 is 19.7 Å². The van der Waals surface area contributed by atoms with Crippen LogP contribution >= 0.6 is 23.6 Å². The Morgan fingerprint density at radius 1 is 1.37 bits per heavy atom. The second kappa shape index (κ2) is 8.04. The molecule has 7 nitrogen and oxygen atoms in total. The van der Waals surface area contributed by atoms with Crippen molar-refractivity contribution in [2.75, 3.05) is 36.0 Å². The van der Waals surface area contributed by atoms with Gasteiger partial charge in [0, 0.05) is 30.3 Å². The van der Waals surface area contributed by atoms with Crippen LogP contribution in [0.2, 0.25) is 0 Å². The van der Waals surface area contributed by atoms with Crippen molar-refractivity contribution in [3.63, 3.8) is 0 Å². The van der Waals surface area contributed by atoms with Gasteiger partial charge in [0.25, 0.3) is 0 Å². The maximum atomic E-state index is 12.3. The number of hydrogen-bond donors (Lipinski definition) is 1. The van der Waals surface area contributed by atoms with E-state index in [1.165, 1.54) is 21.9 Å². The third kappa shape index (κ3) is 4.20. The molecule has 0 bridgehead atoms. The van der Waals surface area contributed by atoms with Gasteiger partial charge in [-0.3, -0.25) is 9.69 Å². The second-order valence-corrected chi connectivity index (χ2v) is 8.75. The number of amides is 1. The van der Waals surface area contributed by atoms with Gasteiger partial charge >= 0.3 is 0 Å². The fraction of sp³-hybridized carbons (Fsp3) is 0.556. The van der Waals surface area contributed by atoms with Gasteiger partial charge in [-0.2, -0.15) is 4.68 Å². The van der Waals surface area contributed by atoms with E-state index in [0.29, 0.717) is 12.5 Å². The highest BCUT2D eigenvalue weighted by Gasteiger charge is 2.35. The molecule has 2 aromatic rings. The summed E-state index contributed by atoms with van der Waals surface area (Å²) in [4.78, 5) is 21.1. The van der Waals surface area contributed by atoms with Gasteiger partial charge in [0.15, 0.2) is 23.0 Å². The molecule has 2 aliphatic rings. The van der Waals surface area contributed by atoms with Crippen molar-refractivity contribution in [2.24, 2.45) is 0 Å². The van der Waals surface area contributed by atoms with E-state index in [2.05, 4.69) is 22.0 Å². The fourth-order valence-corrected chi connectivity index (χ4v) is 4.69. The lowest BCUT2D eigenvalue weighted by molar-refractivity contribution is -0.924. The molecule has 1 aliphatic carbocycles. The predicted octanol–water partition coefficient (Wildman–Crippen LogP) is 0.756. The standard InChI is InChI=1S/C18H24N6OS2/c1-2-16(25)24(15-3-4-15)17-20-23(18(26)27-17)13-21-9-11-22(12-10-21)14-5-7-19-8-6-14/h5-8,15H,2-4,9-13H2,1H3/p+2. The molecule has 4 rings (SSSR count). The zero-order valence-corrected chi connectivity index (χ0v) is 17.2. The van der Waals surface area contributed by atoms with Gasteiger partial charge < -0.3 is 9.80 Å². The van der Waals surface area contributed by atoms with Crippen molar-refractivity contribution in [3.8, 4) is 0 Å². The van der Waals surface area contributed by atoms with Crippen molar-refractivity contribution in [1.82, 2.24) is 9.78 Å². The Morgan fingerprint density at radius 2 is 2.07 bits per heavy atom. The molecule has 2 fully saturated rings. The van der Waals surface area contributed by atoms with Crippen molar-refractivity contribution in [2.45, 2.75) is 38.9 Å². The Bertz CT molecular complexity index is 839. The lowest BCUT2D eigenvalue weighted by atomic mass is 10.3. The highest BCUT2D eigenvalue weighted by atomic mass is 32.1. The van der Waals surface area contributed by atoms with Gasteiger partial charge in [0.05, 0.1) is 26.2 Å². The minimum atomic E-state index is 0.148. The van der Waals surface area contributed by atoms with Gasteiger partial charge in [-0.1, -0.05) is 18.3 Å². The first-order chi connectivity index (χ1) is 13.2. The molecule has 0 aromatic carbocycles. The van der Waals surface area contributed by atoms with E-state index in [1.807, 2.05) is 28.9 Å². The first-order valence-electron chi connectivity index (χ1n) is 9.60. The second-order valence-electron chi connectivity index (χ2n) is 7.15. The Morgan fingerprint density at radius 3 is 2.70 bits per heavy atom. The summed E-state index contributed by atoms with van der Waals surface area (Å²) < 4.78 is 2.67. The number of nitrogens with zero attached hydrogens (tertiary/aromatic N) is 4. The van der Waals surface area contributed by atoms with Crippen LogP contribution in [-0.4, -0.2) is 47.9 Å². The molecule has 2 N–H and O–H groups in total. The molecule has 0 spiro atoms. The predicted molar refractivity (Wildman–Crippen MR) is 108 cm³/mol. The van der Waals surface area contributed by atoms with Crippen LogP contribution in [0.15, 0.2) is 24.5 Å². The lowest BCUT2D eigenvalue weighted by Gasteiger charge is -2.33. The monoisotopic (exact) mass is 406 g/mol. The SMILES string of the molecule is CCC(=O)N(c1nn(C[NH+]2CCN(c3cc[nH+]cc3)CC2)c(=S)s1)C1CC1. The lowest BCUT2D eigenvalue weighted by Crippen LogP contribution is -3.14. The van der Waals surface area contributed by atoms with E-state index in [0.717, 1.165) is 54.8 Å². The number of rotatable bonds is 6. The highest BCUT2D eigenvalue weighted by molar-refractivity contribution is 7.73. The molecule has 1 amide bonds. The summed E-state index contributed by atoms with van der Waals surface area (Å²) >= 11 is 7.01. The number of nitrogens with one attached hydrogen (secondary N) is 2. The summed E-state index contributed by atoms with van der Waals surface area (Å²) in [5.74, 6) is 0.148. The molecule has 9 heteroatoms. The van der Waals surface area contributed by atoms with E-state index in [1.54, 1.807) is 0 Å². The Hall–Kier alpha value is -1.84. The number of H-pyrrole nitrogens is 1. The van der Waals surface area contributed by atoms with Gasteiger partial charge in [-0.25, -0.2) is 4.98 Å². The van der Waals surface area contributed by atoms with E-state index in [9.17, 15) is 4.79 Å². The van der Waals surface area contributed by atoms with Gasteiger partial charge in [-0.15, -0.1) is 5.10 Å². The number of aromatic amines is 1. The summed E-state index contributed by atoms with van der Waals surface area (Å²) in [5, 5.41) is 5.48. The molecule has 1 saturated heterocycles. The molecule has 2 aromatic heterocycles. The van der Waals surface area contributed by atoms with Crippen LogP contribution in [0.5, 0.6) is 0 Å². The number of hydrogen-bond acceptors (Lipinski definition) is 5. The fourth-order valence-electron chi connectivity index (χ4n) is 3.50. The Labute approximate surface area is 168 Å². The topological polar surface area (TPSA) is 60.0 Å². The summed E-state index contributed by atoms with van der Waals surface area (Å²) in [7, 11) is 0. The van der Waals surface area contributed by atoms with Crippen molar-refractivity contribution < 1.29 is 14.7 Å². The zero-order valence-electron chi connectivity index (χ0n) is 15.6. The Kier molecular flexibility index (Phi) is 5.51. The average molecular weight is 407 g/mol. The quantitative estimate of drug-likeness (QED) is 0.720. The summed E-state index contributed by atoms with van der Waals surface area (Å²) in [6.07, 6.45) is 6.58. The normalized spacial score (nSPS) is 17.9. The Balaban J connectivity index is 1.40. The maximum Gasteiger partial charge on any atom is 0.228 e. The van der Waals surface area contributed by atoms with Crippen molar-refractivity contribution >= 4 is 40.3 Å². The minimum Gasteiger partial charge on any atom is -0.360 e. The van der Waals surface area contributed by atoms with Crippen molar-refractivity contribution in [1.29, 1.82) is 0 Å². The third-order valence-electron chi connectivity index (χ3n) is 5.19. The number of carbonyl (C=O) groups excluding carboxylic acids is 1. The number of aromatic nitrogens is 3. The largest absolute Gasteiger partial charge is 0.360 e. The molecular formula is C18H26N6OS2+2. The van der Waals surface area contributed by atoms with Crippen LogP contribution in [-0.2, 0) is 11.5 Å². The van der Waals surface area contributed by atoms with Crippen molar-refractivity contribution in [3.05, 3.63) is 28.5 Å². The third-order valence-corrected chi connectivity index (χ3v) is 6.50. The smallest absolute Gasteiger partial charge is 0.228 e. The van der Waals surface area contributed by atoms with Crippen LogP contribution in [0.1, 0.15) is 26.2 Å². The zero-order chi connectivity index (χ0) is 18.8. The summed E-state index contributed by atoms with van der Waals surface area (Å²) in [5.41, 5.74) is 1.26. The van der Waals surface area contributed by atoms with Crippen LogP contribution in [0.3, 0.4) is 0 Å². The maximum absolute atomic E-state index is 12.3. The van der Waals surface area contributed by atoms with Gasteiger partial charge in [-0.05, 0) is 25.1 Å². The minimum absolute atomic E-state index is 0.148. The molecule has 0 atom stereocenters. The number of carbonyl (C=O) groups is 1. The summed E-state index contributed by atoms with van der Waals surface area (Å²) in [6.45, 7) is 6.81. The summed E-state index contributed by atoms with van der Waals surface area (Å²) in [6, 6.07) is 4.56.